The lowest BCUT2D eigenvalue weighted by Gasteiger charge is -2.19. The molecule has 5 N–H and O–H groups in total. The molecule has 0 bridgehead atoms. The van der Waals surface area contributed by atoms with Crippen molar-refractivity contribution in [3.63, 3.8) is 0 Å². The van der Waals surface area contributed by atoms with Crippen LogP contribution in [0.1, 0.15) is 18.7 Å². The number of aliphatic hydroxyl groups excluding tert-OH is 2. The van der Waals surface area contributed by atoms with Crippen molar-refractivity contribution in [1.29, 1.82) is 0 Å². The van der Waals surface area contributed by atoms with E-state index in [-0.39, 0.29) is 11.9 Å². The fourth-order valence-corrected chi connectivity index (χ4v) is 2.43. The van der Waals surface area contributed by atoms with Crippen molar-refractivity contribution in [1.82, 2.24) is 15.3 Å². The van der Waals surface area contributed by atoms with Gasteiger partial charge in [-0.05, 0) is 6.92 Å². The zero-order valence-corrected chi connectivity index (χ0v) is 9.72. The van der Waals surface area contributed by atoms with E-state index in [2.05, 4.69) is 25.5 Å². The van der Waals surface area contributed by atoms with Crippen molar-refractivity contribution in [2.24, 2.45) is 10.2 Å². The number of azo groups is 1. The molecule has 3 rings (SSSR count). The van der Waals surface area contributed by atoms with Gasteiger partial charge < -0.3 is 21.3 Å². The molecule has 8 nitrogen and oxygen atoms in total. The number of hydrogen-bond acceptors (Lipinski definition) is 8. The highest BCUT2D eigenvalue weighted by atomic mass is 16.3. The van der Waals surface area contributed by atoms with Gasteiger partial charge in [-0.3, -0.25) is 0 Å². The zero-order chi connectivity index (χ0) is 12.9. The van der Waals surface area contributed by atoms with Gasteiger partial charge in [0.2, 0.25) is 0 Å². The molecule has 2 aliphatic heterocycles. The number of nitrogens with zero attached hydrogens (tertiary/aromatic N) is 4. The van der Waals surface area contributed by atoms with Crippen LogP contribution in [0.15, 0.2) is 16.6 Å². The normalized spacial score (nSPS) is 38.1. The van der Waals surface area contributed by atoms with Crippen molar-refractivity contribution < 1.29 is 10.2 Å². The highest BCUT2D eigenvalue weighted by Crippen LogP contribution is 2.41. The zero-order valence-electron chi connectivity index (χ0n) is 9.72. The Hall–Kier alpha value is -1.64. The summed E-state index contributed by atoms with van der Waals surface area (Å²) in [6, 6.07) is -1.07. The van der Waals surface area contributed by atoms with Crippen LogP contribution in [0.2, 0.25) is 0 Å². The standard InChI is InChI=1S/C10H14N6O2/c1-3-8(17)9(18)6(14-3)5-4-7(16-15-5)10(11)13-2-12-4/h2-3,5-6,8-9,14,17-18H,1H3,(H2,11,12,13)/t3-,5?,6+,8-,9+/m0/s1. The van der Waals surface area contributed by atoms with Crippen LogP contribution < -0.4 is 11.1 Å². The lowest BCUT2D eigenvalue weighted by Crippen LogP contribution is -2.37. The largest absolute Gasteiger partial charge is 0.389 e. The maximum absolute atomic E-state index is 9.99. The predicted molar refractivity (Wildman–Crippen MR) is 62.1 cm³/mol. The van der Waals surface area contributed by atoms with Gasteiger partial charge in [-0.2, -0.15) is 5.11 Å². The lowest BCUT2D eigenvalue weighted by molar-refractivity contribution is 0.0266. The van der Waals surface area contributed by atoms with Gasteiger partial charge in [0.15, 0.2) is 11.5 Å². The minimum absolute atomic E-state index is 0.205. The van der Waals surface area contributed by atoms with Crippen LogP contribution in [0.25, 0.3) is 0 Å². The Labute approximate surface area is 103 Å². The van der Waals surface area contributed by atoms with Crippen molar-refractivity contribution in [3.8, 4) is 0 Å². The summed E-state index contributed by atoms with van der Waals surface area (Å²) in [5.41, 5.74) is 6.72. The maximum atomic E-state index is 9.99. The molecule has 0 radical (unpaired) electrons. The SMILES string of the molecule is C[C@@H]1N[C@H](C2N=Nc3c(N)ncnc32)[C@@H](O)[C@H]1O. The van der Waals surface area contributed by atoms with Crippen LogP contribution in [0.3, 0.4) is 0 Å². The fraction of sp³-hybridized carbons (Fsp3) is 0.600. The summed E-state index contributed by atoms with van der Waals surface area (Å²) in [6.45, 7) is 1.80. The Morgan fingerprint density at radius 2 is 2.06 bits per heavy atom. The van der Waals surface area contributed by atoms with Crippen molar-refractivity contribution in [3.05, 3.63) is 12.0 Å². The molecule has 2 aliphatic rings. The van der Waals surface area contributed by atoms with Gasteiger partial charge in [0.05, 0.1) is 18.2 Å². The number of nitrogen functional groups attached to an aromatic ring is 1. The van der Waals surface area contributed by atoms with Gasteiger partial charge in [-0.15, -0.1) is 5.11 Å². The van der Waals surface area contributed by atoms with Gasteiger partial charge in [0.25, 0.3) is 0 Å². The number of nitrogens with two attached hydrogens (primary N) is 1. The Morgan fingerprint density at radius 3 is 2.72 bits per heavy atom. The number of hydrogen-bond donors (Lipinski definition) is 4. The van der Waals surface area contributed by atoms with E-state index in [1.807, 2.05) is 0 Å². The third-order valence-electron chi connectivity index (χ3n) is 3.47. The second-order valence-electron chi connectivity index (χ2n) is 4.62. The first-order chi connectivity index (χ1) is 8.59. The number of rotatable bonds is 1. The molecule has 0 spiro atoms. The molecule has 1 aromatic heterocycles. The second-order valence-corrected chi connectivity index (χ2v) is 4.62. The summed E-state index contributed by atoms with van der Waals surface area (Å²) >= 11 is 0. The average Bonchev–Trinajstić information content (AvgIpc) is 2.88. The topological polar surface area (TPSA) is 129 Å². The van der Waals surface area contributed by atoms with E-state index in [1.54, 1.807) is 6.92 Å². The second kappa shape index (κ2) is 3.94. The lowest BCUT2D eigenvalue weighted by atomic mass is 9.99. The Kier molecular flexibility index (Phi) is 2.51. The first-order valence-electron chi connectivity index (χ1n) is 5.73. The maximum Gasteiger partial charge on any atom is 0.155 e. The Balaban J connectivity index is 1.94. The van der Waals surface area contributed by atoms with E-state index < -0.39 is 24.3 Å². The molecule has 18 heavy (non-hydrogen) atoms. The van der Waals surface area contributed by atoms with Crippen LogP contribution in [0.4, 0.5) is 11.5 Å². The highest BCUT2D eigenvalue weighted by molar-refractivity contribution is 5.62. The van der Waals surface area contributed by atoms with Crippen molar-refractivity contribution in [2.45, 2.75) is 37.3 Å². The van der Waals surface area contributed by atoms with E-state index in [1.165, 1.54) is 6.33 Å². The predicted octanol–water partition coefficient (Wildman–Crippen LogP) is -0.721. The smallest absolute Gasteiger partial charge is 0.155 e. The van der Waals surface area contributed by atoms with Gasteiger partial charge >= 0.3 is 0 Å². The highest BCUT2D eigenvalue weighted by Gasteiger charge is 2.45. The van der Waals surface area contributed by atoms with Crippen LogP contribution in [0.5, 0.6) is 0 Å². The molecule has 0 aromatic carbocycles. The van der Waals surface area contributed by atoms with Crippen LogP contribution >= 0.6 is 0 Å². The number of anilines is 1. The van der Waals surface area contributed by atoms with Gasteiger partial charge in [0.1, 0.15) is 18.1 Å². The quantitative estimate of drug-likeness (QED) is 0.520. The molecular formula is C10H14N6O2. The number of fused-ring (bicyclic) bond motifs is 1. The van der Waals surface area contributed by atoms with E-state index in [0.717, 1.165) is 0 Å². The number of aromatic nitrogens is 2. The molecular weight excluding hydrogens is 236 g/mol. The molecule has 96 valence electrons. The van der Waals surface area contributed by atoms with Crippen molar-refractivity contribution >= 4 is 11.5 Å². The van der Waals surface area contributed by atoms with Gasteiger partial charge in [0, 0.05) is 6.04 Å². The van der Waals surface area contributed by atoms with Gasteiger partial charge in [-0.25, -0.2) is 9.97 Å². The van der Waals surface area contributed by atoms with E-state index in [4.69, 9.17) is 5.73 Å². The number of nitrogens with one attached hydrogen (secondary N) is 1. The van der Waals surface area contributed by atoms with Crippen LogP contribution in [-0.2, 0) is 0 Å². The summed E-state index contributed by atoms with van der Waals surface area (Å²) in [4.78, 5) is 7.96. The van der Waals surface area contributed by atoms with Crippen LogP contribution in [-0.4, -0.2) is 44.5 Å². The minimum atomic E-state index is -0.911. The summed E-state index contributed by atoms with van der Waals surface area (Å²) in [5, 5.41) is 30.9. The molecule has 0 aliphatic carbocycles. The molecule has 3 heterocycles. The first-order valence-corrected chi connectivity index (χ1v) is 5.73. The molecule has 1 fully saturated rings. The van der Waals surface area contributed by atoms with E-state index in [0.29, 0.717) is 11.4 Å². The summed E-state index contributed by atoms with van der Waals surface area (Å²) in [6.07, 6.45) is -0.391. The van der Waals surface area contributed by atoms with Gasteiger partial charge in [-0.1, -0.05) is 0 Å². The monoisotopic (exact) mass is 250 g/mol. The molecule has 1 unspecified atom stereocenters. The third-order valence-corrected chi connectivity index (χ3v) is 3.47. The molecule has 1 saturated heterocycles. The first kappa shape index (κ1) is 11.5. The van der Waals surface area contributed by atoms with Crippen molar-refractivity contribution in [2.75, 3.05) is 5.73 Å². The average molecular weight is 250 g/mol. The molecule has 0 amide bonds. The minimum Gasteiger partial charge on any atom is -0.389 e. The summed E-state index contributed by atoms with van der Waals surface area (Å²) in [5.74, 6) is 0.271. The Bertz CT molecular complexity index is 507. The fourth-order valence-electron chi connectivity index (χ4n) is 2.43. The van der Waals surface area contributed by atoms with E-state index in [9.17, 15) is 10.2 Å². The third kappa shape index (κ3) is 1.50. The van der Waals surface area contributed by atoms with Crippen LogP contribution in [0, 0.1) is 0 Å². The summed E-state index contributed by atoms with van der Waals surface area (Å²) < 4.78 is 0. The molecule has 0 saturated carbocycles. The Morgan fingerprint density at radius 1 is 1.28 bits per heavy atom. The number of aliphatic hydroxyl groups is 2. The van der Waals surface area contributed by atoms with E-state index >= 15 is 0 Å². The molecule has 5 atom stereocenters. The summed E-state index contributed by atoms with van der Waals surface area (Å²) in [7, 11) is 0. The molecule has 8 heteroatoms. The molecule has 1 aromatic rings.